The van der Waals surface area contributed by atoms with Crippen molar-refractivity contribution in [3.63, 3.8) is 0 Å². The van der Waals surface area contributed by atoms with Crippen LogP contribution in [0.25, 0.3) is 11.4 Å². The number of carbonyl (C=O) groups is 1. The Kier molecular flexibility index (Phi) is 4.71. The Morgan fingerprint density at radius 3 is 2.45 bits per heavy atom. The average molecular weight is 315 g/mol. The van der Waals surface area contributed by atoms with Crippen LogP contribution in [0.3, 0.4) is 0 Å². The van der Waals surface area contributed by atoms with Crippen LogP contribution in [0.15, 0.2) is 30.6 Å². The van der Waals surface area contributed by atoms with Gasteiger partial charge in [-0.05, 0) is 12.1 Å². The maximum absolute atomic E-state index is 10.6. The number of aromatic nitrogens is 4. The highest BCUT2D eigenvalue weighted by Crippen LogP contribution is 2.16. The molecule has 2 aromatic heterocycles. The molecule has 0 atom stereocenters. The normalized spacial score (nSPS) is 14.7. The molecule has 22 heavy (non-hydrogen) atoms. The molecule has 0 unspecified atom stereocenters. The second-order valence-electron chi connectivity index (χ2n) is 4.41. The molecule has 1 aliphatic heterocycles. The number of hydrogen-bond acceptors (Lipinski definition) is 5. The van der Waals surface area contributed by atoms with Gasteiger partial charge in [0.2, 0.25) is 0 Å². The number of aliphatic carboxylic acids is 1. The molecule has 2 N–H and O–H groups in total. The summed E-state index contributed by atoms with van der Waals surface area (Å²) in [5, 5.41) is 18.5. The van der Waals surface area contributed by atoms with Gasteiger partial charge in [-0.25, -0.2) is 9.48 Å². The van der Waals surface area contributed by atoms with Crippen LogP contribution in [-0.2, 0) is 4.79 Å². The number of halogens is 3. The molecular weight excluding hydrogens is 303 g/mol. The number of alkyl halides is 3. The van der Waals surface area contributed by atoms with E-state index in [-0.39, 0.29) is 0 Å². The standard InChI is InChI=1S/C10H11N5.C2HF3O2/c1-2-4-12-9(3-1)10-7-15(14-13-10)8-5-11-6-8;3-2(4,5)1(6)7/h1-4,7-8,11H,5-6H2;(H,6,7). The van der Waals surface area contributed by atoms with Crippen LogP contribution < -0.4 is 5.32 Å². The molecule has 3 rings (SSSR count). The Morgan fingerprint density at radius 2 is 2.00 bits per heavy atom. The monoisotopic (exact) mass is 315 g/mol. The molecule has 7 nitrogen and oxygen atoms in total. The summed E-state index contributed by atoms with van der Waals surface area (Å²) in [6, 6.07) is 6.23. The van der Waals surface area contributed by atoms with Crippen molar-refractivity contribution < 1.29 is 23.1 Å². The molecule has 2 aromatic rings. The van der Waals surface area contributed by atoms with Gasteiger partial charge in [-0.15, -0.1) is 5.10 Å². The van der Waals surface area contributed by atoms with Crippen molar-refractivity contribution in [2.75, 3.05) is 13.1 Å². The van der Waals surface area contributed by atoms with Crippen molar-refractivity contribution in [3.05, 3.63) is 30.6 Å². The Hall–Kier alpha value is -2.49. The van der Waals surface area contributed by atoms with Crippen molar-refractivity contribution in [1.29, 1.82) is 0 Å². The number of rotatable bonds is 2. The average Bonchev–Trinajstić information content (AvgIpc) is 2.87. The molecule has 1 fully saturated rings. The molecule has 0 aromatic carbocycles. The molecule has 0 radical (unpaired) electrons. The zero-order valence-corrected chi connectivity index (χ0v) is 11.2. The smallest absolute Gasteiger partial charge is 0.475 e. The summed E-state index contributed by atoms with van der Waals surface area (Å²) in [4.78, 5) is 13.1. The lowest BCUT2D eigenvalue weighted by Gasteiger charge is -2.26. The van der Waals surface area contributed by atoms with E-state index in [0.29, 0.717) is 6.04 Å². The maximum Gasteiger partial charge on any atom is 0.490 e. The summed E-state index contributed by atoms with van der Waals surface area (Å²) in [6.07, 6.45) is -1.37. The highest BCUT2D eigenvalue weighted by molar-refractivity contribution is 5.73. The zero-order valence-electron chi connectivity index (χ0n) is 11.2. The minimum atomic E-state index is -5.08. The van der Waals surface area contributed by atoms with E-state index in [1.54, 1.807) is 6.20 Å². The van der Waals surface area contributed by atoms with E-state index in [1.165, 1.54) is 0 Å². The van der Waals surface area contributed by atoms with E-state index >= 15 is 0 Å². The molecule has 1 saturated heterocycles. The van der Waals surface area contributed by atoms with Gasteiger partial charge in [0, 0.05) is 19.3 Å². The minimum Gasteiger partial charge on any atom is -0.475 e. The van der Waals surface area contributed by atoms with E-state index in [9.17, 15) is 13.2 Å². The van der Waals surface area contributed by atoms with Crippen molar-refractivity contribution in [2.45, 2.75) is 12.2 Å². The highest BCUT2D eigenvalue weighted by atomic mass is 19.4. The predicted molar refractivity (Wildman–Crippen MR) is 68.9 cm³/mol. The highest BCUT2D eigenvalue weighted by Gasteiger charge is 2.38. The summed E-state index contributed by atoms with van der Waals surface area (Å²) >= 11 is 0. The Balaban J connectivity index is 0.000000217. The van der Waals surface area contributed by atoms with Gasteiger partial charge in [0.15, 0.2) is 0 Å². The fourth-order valence-corrected chi connectivity index (χ4v) is 1.55. The quantitative estimate of drug-likeness (QED) is 0.862. The van der Waals surface area contributed by atoms with Crippen LogP contribution in [0.2, 0.25) is 0 Å². The van der Waals surface area contributed by atoms with Gasteiger partial charge in [-0.1, -0.05) is 11.3 Å². The van der Waals surface area contributed by atoms with E-state index in [4.69, 9.17) is 9.90 Å². The molecule has 1 aliphatic rings. The van der Waals surface area contributed by atoms with Crippen molar-refractivity contribution >= 4 is 5.97 Å². The first-order valence-corrected chi connectivity index (χ1v) is 6.22. The summed E-state index contributed by atoms with van der Waals surface area (Å²) in [6.45, 7) is 1.95. The lowest BCUT2D eigenvalue weighted by atomic mass is 10.2. The number of nitrogens with one attached hydrogen (secondary N) is 1. The third kappa shape index (κ3) is 4.01. The molecule has 0 amide bonds. The second-order valence-corrected chi connectivity index (χ2v) is 4.41. The predicted octanol–water partition coefficient (Wildman–Crippen LogP) is 1.12. The first-order chi connectivity index (χ1) is 10.4. The van der Waals surface area contributed by atoms with E-state index in [0.717, 1.165) is 24.5 Å². The largest absolute Gasteiger partial charge is 0.490 e. The SMILES string of the molecule is O=C(O)C(F)(F)F.c1ccc(-c2cn(C3CNC3)nn2)nc1. The van der Waals surface area contributed by atoms with Crippen molar-refractivity contribution in [3.8, 4) is 11.4 Å². The molecule has 118 valence electrons. The van der Waals surface area contributed by atoms with E-state index < -0.39 is 12.1 Å². The van der Waals surface area contributed by atoms with Gasteiger partial charge < -0.3 is 10.4 Å². The molecule has 0 bridgehead atoms. The van der Waals surface area contributed by atoms with Gasteiger partial charge in [0.25, 0.3) is 0 Å². The van der Waals surface area contributed by atoms with Gasteiger partial charge in [-0.3, -0.25) is 4.98 Å². The lowest BCUT2D eigenvalue weighted by molar-refractivity contribution is -0.192. The van der Waals surface area contributed by atoms with Gasteiger partial charge in [0.1, 0.15) is 5.69 Å². The van der Waals surface area contributed by atoms with Gasteiger partial charge >= 0.3 is 12.1 Å². The number of hydrogen-bond donors (Lipinski definition) is 2. The fraction of sp³-hybridized carbons (Fsp3) is 0.333. The van der Waals surface area contributed by atoms with Crippen LogP contribution in [0.1, 0.15) is 6.04 Å². The second kappa shape index (κ2) is 6.52. The van der Waals surface area contributed by atoms with Crippen LogP contribution in [0, 0.1) is 0 Å². The molecular formula is C12H12F3N5O2. The van der Waals surface area contributed by atoms with Crippen molar-refractivity contribution in [2.24, 2.45) is 0 Å². The molecule has 10 heteroatoms. The Labute approximate surface area is 122 Å². The van der Waals surface area contributed by atoms with Crippen LogP contribution in [-0.4, -0.2) is 50.3 Å². The number of pyridine rings is 1. The third-order valence-corrected chi connectivity index (χ3v) is 2.81. The summed E-state index contributed by atoms with van der Waals surface area (Å²) in [7, 11) is 0. The summed E-state index contributed by atoms with van der Waals surface area (Å²) in [5.41, 5.74) is 1.71. The first kappa shape index (κ1) is 15.9. The molecule has 0 spiro atoms. The van der Waals surface area contributed by atoms with E-state index in [1.807, 2.05) is 29.1 Å². The van der Waals surface area contributed by atoms with Gasteiger partial charge in [0.05, 0.1) is 17.9 Å². The summed E-state index contributed by atoms with van der Waals surface area (Å²) in [5.74, 6) is -2.76. The number of carboxylic acids is 1. The number of nitrogens with zero attached hydrogens (tertiary/aromatic N) is 4. The molecule has 0 aliphatic carbocycles. The minimum absolute atomic E-state index is 0.454. The van der Waals surface area contributed by atoms with Crippen LogP contribution in [0.5, 0.6) is 0 Å². The molecule has 0 saturated carbocycles. The maximum atomic E-state index is 10.6. The molecule has 3 heterocycles. The third-order valence-electron chi connectivity index (χ3n) is 2.81. The zero-order chi connectivity index (χ0) is 16.2. The van der Waals surface area contributed by atoms with Crippen LogP contribution in [0.4, 0.5) is 13.2 Å². The summed E-state index contributed by atoms with van der Waals surface area (Å²) < 4.78 is 33.6. The Bertz CT molecular complexity index is 625. The van der Waals surface area contributed by atoms with Gasteiger partial charge in [-0.2, -0.15) is 13.2 Å². The lowest BCUT2D eigenvalue weighted by Crippen LogP contribution is -2.43. The van der Waals surface area contributed by atoms with Crippen LogP contribution >= 0.6 is 0 Å². The number of carboxylic acid groups (broad SMARTS) is 1. The fourth-order valence-electron chi connectivity index (χ4n) is 1.55. The topological polar surface area (TPSA) is 92.9 Å². The first-order valence-electron chi connectivity index (χ1n) is 6.22. The van der Waals surface area contributed by atoms with Crippen molar-refractivity contribution in [1.82, 2.24) is 25.3 Å². The van der Waals surface area contributed by atoms with E-state index in [2.05, 4.69) is 20.6 Å². The Morgan fingerprint density at radius 1 is 1.32 bits per heavy atom.